The molecule has 2 heterocycles. The zero-order valence-corrected chi connectivity index (χ0v) is 22.1. The van der Waals surface area contributed by atoms with Gasteiger partial charge in [-0.05, 0) is 87.2 Å². The number of nitrogens with zero attached hydrogens (tertiary/aromatic N) is 2. The van der Waals surface area contributed by atoms with Gasteiger partial charge in [-0.1, -0.05) is 35.7 Å². The number of hydrogen-bond donors (Lipinski definition) is 2. The van der Waals surface area contributed by atoms with Crippen LogP contribution in [-0.2, 0) is 4.79 Å². The number of ether oxygens (including phenoxy) is 1. The molecule has 2 aromatic carbocycles. The molecule has 2 aliphatic heterocycles. The molecule has 194 valence electrons. The highest BCUT2D eigenvalue weighted by atomic mass is 35.5. The van der Waals surface area contributed by atoms with Gasteiger partial charge in [0.15, 0.2) is 0 Å². The number of carbonyl (C=O) groups excluding carboxylic acids is 1. The summed E-state index contributed by atoms with van der Waals surface area (Å²) in [5.74, 6) is 0.516. The Morgan fingerprint density at radius 1 is 1.03 bits per heavy atom. The molecule has 3 aliphatic rings. The van der Waals surface area contributed by atoms with Crippen LogP contribution < -0.4 is 15.0 Å². The summed E-state index contributed by atoms with van der Waals surface area (Å²) in [5.41, 5.74) is 1.77. The van der Waals surface area contributed by atoms with E-state index in [0.717, 1.165) is 57.4 Å². The largest absolute Gasteiger partial charge is 0.489 e. The van der Waals surface area contributed by atoms with Gasteiger partial charge in [-0.2, -0.15) is 0 Å². The number of nitrogens with one attached hydrogen (secondary N) is 1. The molecule has 6 nitrogen and oxygen atoms in total. The predicted octanol–water partition coefficient (Wildman–Crippen LogP) is 5.07. The minimum atomic E-state index is -0.864. The molecular weight excluding hydrogens is 497 g/mol. The second kappa shape index (κ2) is 11.6. The lowest BCUT2D eigenvalue weighted by atomic mass is 9.99. The quantitative estimate of drug-likeness (QED) is 0.473. The van der Waals surface area contributed by atoms with E-state index >= 15 is 0 Å². The first kappa shape index (κ1) is 25.7. The molecule has 5 rings (SSSR count). The van der Waals surface area contributed by atoms with Crippen molar-refractivity contribution in [1.29, 1.82) is 0 Å². The number of carbonyl (C=O) groups is 1. The summed E-state index contributed by atoms with van der Waals surface area (Å²) in [5, 5.41) is 15.8. The first-order valence-corrected chi connectivity index (χ1v) is 13.9. The Morgan fingerprint density at radius 2 is 1.78 bits per heavy atom. The lowest BCUT2D eigenvalue weighted by Gasteiger charge is -2.33. The number of rotatable bonds is 9. The Labute approximate surface area is 223 Å². The number of aliphatic hydroxyl groups excluding tert-OH is 1. The Hall–Kier alpha value is -1.99. The van der Waals surface area contributed by atoms with Crippen LogP contribution in [0.25, 0.3) is 0 Å². The van der Waals surface area contributed by atoms with E-state index in [0.29, 0.717) is 34.4 Å². The Morgan fingerprint density at radius 3 is 2.47 bits per heavy atom. The lowest BCUT2D eigenvalue weighted by molar-refractivity contribution is -0.126. The van der Waals surface area contributed by atoms with Crippen molar-refractivity contribution < 1.29 is 14.6 Å². The van der Waals surface area contributed by atoms with Crippen LogP contribution in [0.3, 0.4) is 0 Å². The molecule has 2 aromatic rings. The predicted molar refractivity (Wildman–Crippen MR) is 144 cm³/mol. The number of benzene rings is 2. The fourth-order valence-electron chi connectivity index (χ4n) is 5.20. The van der Waals surface area contributed by atoms with Gasteiger partial charge in [0.2, 0.25) is 5.91 Å². The zero-order chi connectivity index (χ0) is 25.1. The van der Waals surface area contributed by atoms with Gasteiger partial charge in [-0.25, -0.2) is 0 Å². The third-order valence-electron chi connectivity index (χ3n) is 7.48. The number of likely N-dealkylation sites (tertiary alicyclic amines) is 1. The first-order valence-electron chi connectivity index (χ1n) is 13.1. The number of aliphatic hydroxyl groups is 1. The first-order chi connectivity index (χ1) is 17.5. The normalized spacial score (nSPS) is 22.3. The topological polar surface area (TPSA) is 65.0 Å². The molecule has 1 unspecified atom stereocenters. The van der Waals surface area contributed by atoms with E-state index in [2.05, 4.69) is 15.1 Å². The molecule has 3 atom stereocenters. The molecule has 0 spiro atoms. The van der Waals surface area contributed by atoms with Crippen LogP contribution in [-0.4, -0.2) is 60.8 Å². The van der Waals surface area contributed by atoms with Gasteiger partial charge < -0.3 is 25.0 Å². The maximum Gasteiger partial charge on any atom is 0.225 e. The molecule has 2 saturated heterocycles. The van der Waals surface area contributed by atoms with E-state index in [1.54, 1.807) is 6.07 Å². The second-order valence-electron chi connectivity index (χ2n) is 10.3. The molecule has 1 saturated carbocycles. The van der Waals surface area contributed by atoms with Gasteiger partial charge in [0.25, 0.3) is 0 Å². The fraction of sp³-hybridized carbons (Fsp3) is 0.536. The van der Waals surface area contributed by atoms with E-state index in [1.165, 1.54) is 6.42 Å². The summed E-state index contributed by atoms with van der Waals surface area (Å²) >= 11 is 12.5. The molecular formula is C28H35Cl2N3O3. The number of anilines is 1. The van der Waals surface area contributed by atoms with E-state index in [-0.39, 0.29) is 17.9 Å². The number of hydrogen-bond acceptors (Lipinski definition) is 5. The summed E-state index contributed by atoms with van der Waals surface area (Å²) < 4.78 is 5.85. The standard InChI is InChI=1S/C28H35Cl2N3O3/c29-21-5-7-22(8-6-21)33-15-12-20(17-33)28(35)31-25(18-32-13-2-1-3-14-32)27(34)19-4-11-26(24(30)16-19)36-23-9-10-23/h4-8,11,16,20,23,25,27,34H,1-3,9-10,12-15,17-18H2,(H,31,35)/t20-,25?,27-/m1/s1. The summed E-state index contributed by atoms with van der Waals surface area (Å²) in [4.78, 5) is 17.9. The van der Waals surface area contributed by atoms with E-state index in [1.807, 2.05) is 36.4 Å². The van der Waals surface area contributed by atoms with Crippen LogP contribution in [0.15, 0.2) is 42.5 Å². The highest BCUT2D eigenvalue weighted by Gasteiger charge is 2.33. The Balaban J connectivity index is 1.27. The molecule has 0 radical (unpaired) electrons. The van der Waals surface area contributed by atoms with Crippen LogP contribution in [0, 0.1) is 5.92 Å². The van der Waals surface area contributed by atoms with Crippen molar-refractivity contribution in [3.63, 3.8) is 0 Å². The fourth-order valence-corrected chi connectivity index (χ4v) is 5.56. The number of amides is 1. The van der Waals surface area contributed by atoms with Gasteiger partial charge in [0, 0.05) is 30.3 Å². The highest BCUT2D eigenvalue weighted by molar-refractivity contribution is 6.32. The van der Waals surface area contributed by atoms with Gasteiger partial charge in [-0.3, -0.25) is 4.79 Å². The van der Waals surface area contributed by atoms with Crippen molar-refractivity contribution in [3.8, 4) is 5.75 Å². The van der Waals surface area contributed by atoms with Crippen molar-refractivity contribution in [3.05, 3.63) is 58.1 Å². The summed E-state index contributed by atoms with van der Waals surface area (Å²) in [6, 6.07) is 12.8. The van der Waals surface area contributed by atoms with Crippen LogP contribution in [0.5, 0.6) is 5.75 Å². The Kier molecular flexibility index (Phi) is 8.26. The number of piperidine rings is 1. The minimum Gasteiger partial charge on any atom is -0.489 e. The molecule has 1 aliphatic carbocycles. The lowest BCUT2D eigenvalue weighted by Crippen LogP contribution is -2.50. The van der Waals surface area contributed by atoms with E-state index < -0.39 is 12.1 Å². The Bertz CT molecular complexity index is 1040. The van der Waals surface area contributed by atoms with E-state index in [9.17, 15) is 9.90 Å². The van der Waals surface area contributed by atoms with Gasteiger partial charge >= 0.3 is 0 Å². The van der Waals surface area contributed by atoms with Crippen LogP contribution >= 0.6 is 23.2 Å². The second-order valence-corrected chi connectivity index (χ2v) is 11.2. The van der Waals surface area contributed by atoms with Gasteiger partial charge in [0.1, 0.15) is 11.9 Å². The minimum absolute atomic E-state index is 0.00712. The van der Waals surface area contributed by atoms with Crippen LogP contribution in [0.2, 0.25) is 10.0 Å². The SMILES string of the molecule is O=C(NC(CN1CCCCC1)[C@H](O)c1ccc(OC2CC2)c(Cl)c1)[C@@H]1CCN(c2ccc(Cl)cc2)C1. The van der Waals surface area contributed by atoms with Crippen LogP contribution in [0.4, 0.5) is 5.69 Å². The van der Waals surface area contributed by atoms with Crippen molar-refractivity contribution in [1.82, 2.24) is 10.2 Å². The van der Waals surface area contributed by atoms with Crippen LogP contribution in [0.1, 0.15) is 50.2 Å². The summed E-state index contributed by atoms with van der Waals surface area (Å²) in [6.07, 6.45) is 5.81. The summed E-state index contributed by atoms with van der Waals surface area (Å²) in [6.45, 7) is 4.05. The number of halogens is 2. The molecule has 3 fully saturated rings. The van der Waals surface area contributed by atoms with Crippen molar-refractivity contribution in [2.24, 2.45) is 5.92 Å². The smallest absolute Gasteiger partial charge is 0.225 e. The molecule has 8 heteroatoms. The molecule has 2 N–H and O–H groups in total. The molecule has 0 aromatic heterocycles. The average Bonchev–Trinajstić information content (AvgIpc) is 3.57. The monoisotopic (exact) mass is 531 g/mol. The maximum absolute atomic E-state index is 13.4. The average molecular weight is 533 g/mol. The highest BCUT2D eigenvalue weighted by Crippen LogP contribution is 2.34. The molecule has 36 heavy (non-hydrogen) atoms. The van der Waals surface area contributed by atoms with Gasteiger partial charge in [-0.15, -0.1) is 0 Å². The summed E-state index contributed by atoms with van der Waals surface area (Å²) in [7, 11) is 0. The maximum atomic E-state index is 13.4. The van der Waals surface area contributed by atoms with E-state index in [4.69, 9.17) is 27.9 Å². The molecule has 0 bridgehead atoms. The third kappa shape index (κ3) is 6.46. The zero-order valence-electron chi connectivity index (χ0n) is 20.5. The molecule has 1 amide bonds. The van der Waals surface area contributed by atoms with Gasteiger partial charge in [0.05, 0.1) is 23.1 Å². The van der Waals surface area contributed by atoms with Crippen molar-refractivity contribution >= 4 is 34.8 Å². The van der Waals surface area contributed by atoms with Crippen molar-refractivity contribution in [2.45, 2.75) is 56.8 Å². The third-order valence-corrected chi connectivity index (χ3v) is 8.03. The van der Waals surface area contributed by atoms with Crippen molar-refractivity contribution in [2.75, 3.05) is 37.6 Å².